The Hall–Kier alpha value is -2.87. The van der Waals surface area contributed by atoms with Crippen molar-refractivity contribution in [2.24, 2.45) is 0 Å². The van der Waals surface area contributed by atoms with Crippen LogP contribution >= 0.6 is 0 Å². The summed E-state index contributed by atoms with van der Waals surface area (Å²) in [5.41, 5.74) is 1.18. The van der Waals surface area contributed by atoms with E-state index in [0.29, 0.717) is 34.9 Å². The molecule has 144 valence electrons. The largest absolute Gasteiger partial charge is 0.493 e. The molecule has 0 aliphatic heterocycles. The van der Waals surface area contributed by atoms with E-state index in [0.717, 1.165) is 5.52 Å². The summed E-state index contributed by atoms with van der Waals surface area (Å²) in [5, 5.41) is 0.666. The lowest BCUT2D eigenvalue weighted by Crippen LogP contribution is -2.13. The van der Waals surface area contributed by atoms with Gasteiger partial charge in [0.2, 0.25) is 5.75 Å². The van der Waals surface area contributed by atoms with Crippen molar-refractivity contribution in [2.45, 2.75) is 18.4 Å². The van der Waals surface area contributed by atoms with E-state index in [1.54, 1.807) is 24.4 Å². The maximum Gasteiger partial charge on any atom is 0.264 e. The van der Waals surface area contributed by atoms with E-state index in [2.05, 4.69) is 4.72 Å². The molecule has 0 amide bonds. The minimum absolute atomic E-state index is 0.216. The van der Waals surface area contributed by atoms with Gasteiger partial charge in [-0.1, -0.05) is 18.2 Å². The lowest BCUT2D eigenvalue weighted by atomic mass is 10.2. The predicted molar refractivity (Wildman–Crippen MR) is 105 cm³/mol. The van der Waals surface area contributed by atoms with Crippen LogP contribution in [0.3, 0.4) is 0 Å². The Morgan fingerprint density at radius 1 is 1.00 bits per heavy atom. The van der Waals surface area contributed by atoms with Crippen LogP contribution < -0.4 is 18.9 Å². The second-order valence-electron chi connectivity index (χ2n) is 5.82. The lowest BCUT2D eigenvalue weighted by molar-refractivity contribution is 0.325. The van der Waals surface area contributed by atoms with Gasteiger partial charge in [0.05, 0.1) is 27.0 Å². The molecule has 0 spiro atoms. The van der Waals surface area contributed by atoms with Crippen LogP contribution in [-0.2, 0) is 16.6 Å². The maximum atomic E-state index is 13.1. The second kappa shape index (κ2) is 7.40. The molecule has 3 aromatic rings. The molecule has 0 aliphatic carbocycles. The molecule has 0 fully saturated rings. The van der Waals surface area contributed by atoms with Crippen LogP contribution in [0.4, 0.5) is 5.69 Å². The minimum Gasteiger partial charge on any atom is -0.493 e. The number of benzene rings is 2. The Bertz CT molecular complexity index is 1050. The molecule has 0 atom stereocenters. The van der Waals surface area contributed by atoms with Crippen molar-refractivity contribution in [1.82, 2.24) is 4.57 Å². The number of rotatable bonds is 7. The van der Waals surface area contributed by atoms with Crippen molar-refractivity contribution in [2.75, 3.05) is 26.1 Å². The zero-order valence-electron chi connectivity index (χ0n) is 15.6. The summed E-state index contributed by atoms with van der Waals surface area (Å²) in [5.74, 6) is 1.13. The predicted octanol–water partition coefficient (Wildman–Crippen LogP) is 3.49. The summed E-state index contributed by atoms with van der Waals surface area (Å²) >= 11 is 0. The number of nitrogens with one attached hydrogen (secondary N) is 1. The van der Waals surface area contributed by atoms with E-state index in [-0.39, 0.29) is 4.90 Å². The number of nitrogens with zero attached hydrogens (tertiary/aromatic N) is 1. The van der Waals surface area contributed by atoms with Gasteiger partial charge in [0.15, 0.2) is 11.5 Å². The maximum absolute atomic E-state index is 13.1. The van der Waals surface area contributed by atoms with E-state index in [1.165, 1.54) is 21.3 Å². The Kier molecular flexibility index (Phi) is 5.18. The molecule has 0 radical (unpaired) electrons. The van der Waals surface area contributed by atoms with Crippen molar-refractivity contribution in [3.05, 3.63) is 42.6 Å². The van der Waals surface area contributed by atoms with E-state index >= 15 is 0 Å². The second-order valence-corrected chi connectivity index (χ2v) is 7.47. The normalized spacial score (nSPS) is 11.4. The summed E-state index contributed by atoms with van der Waals surface area (Å²) < 4.78 is 46.5. The fourth-order valence-electron chi connectivity index (χ4n) is 3.04. The van der Waals surface area contributed by atoms with E-state index < -0.39 is 10.0 Å². The number of sulfonamides is 1. The van der Waals surface area contributed by atoms with Crippen molar-refractivity contribution in [1.29, 1.82) is 0 Å². The van der Waals surface area contributed by atoms with Crippen LogP contribution in [0.5, 0.6) is 17.2 Å². The first-order valence-corrected chi connectivity index (χ1v) is 9.84. The molecule has 1 N–H and O–H groups in total. The zero-order chi connectivity index (χ0) is 19.6. The number of para-hydroxylation sites is 1. The number of anilines is 1. The van der Waals surface area contributed by atoms with Gasteiger partial charge in [-0.05, 0) is 13.0 Å². The van der Waals surface area contributed by atoms with Gasteiger partial charge in [-0.25, -0.2) is 8.42 Å². The van der Waals surface area contributed by atoms with Crippen molar-refractivity contribution < 1.29 is 22.6 Å². The number of hydrogen-bond donors (Lipinski definition) is 1. The van der Waals surface area contributed by atoms with Crippen molar-refractivity contribution >= 4 is 26.6 Å². The number of hydrogen-bond acceptors (Lipinski definition) is 5. The highest BCUT2D eigenvalue weighted by atomic mass is 32.2. The first-order chi connectivity index (χ1) is 12.9. The van der Waals surface area contributed by atoms with Crippen LogP contribution in [0.25, 0.3) is 10.9 Å². The topological polar surface area (TPSA) is 78.8 Å². The van der Waals surface area contributed by atoms with Gasteiger partial charge in [-0.2, -0.15) is 0 Å². The number of aromatic nitrogens is 1. The molecule has 1 aromatic heterocycles. The summed E-state index contributed by atoms with van der Waals surface area (Å²) in [6.07, 6.45) is 1.64. The molecule has 27 heavy (non-hydrogen) atoms. The number of aryl methyl sites for hydroxylation is 1. The van der Waals surface area contributed by atoms with Crippen LogP contribution in [-0.4, -0.2) is 34.3 Å². The summed E-state index contributed by atoms with van der Waals surface area (Å²) in [6, 6.07) is 10.5. The Morgan fingerprint density at radius 3 is 2.19 bits per heavy atom. The molecule has 3 rings (SSSR count). The average molecular weight is 390 g/mol. The smallest absolute Gasteiger partial charge is 0.264 e. The highest BCUT2D eigenvalue weighted by Crippen LogP contribution is 2.40. The monoisotopic (exact) mass is 390 g/mol. The van der Waals surface area contributed by atoms with Gasteiger partial charge >= 0.3 is 0 Å². The summed E-state index contributed by atoms with van der Waals surface area (Å²) in [4.78, 5) is 0.216. The Labute approximate surface area is 158 Å². The van der Waals surface area contributed by atoms with Gasteiger partial charge in [0, 0.05) is 35.8 Å². The van der Waals surface area contributed by atoms with E-state index in [1.807, 2.05) is 29.7 Å². The summed E-state index contributed by atoms with van der Waals surface area (Å²) in [6.45, 7) is 2.63. The van der Waals surface area contributed by atoms with Crippen LogP contribution in [0.1, 0.15) is 6.92 Å². The Morgan fingerprint density at radius 2 is 1.63 bits per heavy atom. The minimum atomic E-state index is -3.82. The van der Waals surface area contributed by atoms with Crippen LogP contribution in [0.15, 0.2) is 47.5 Å². The van der Waals surface area contributed by atoms with Gasteiger partial charge < -0.3 is 18.8 Å². The fraction of sp³-hybridized carbons (Fsp3) is 0.263. The van der Waals surface area contributed by atoms with Crippen LogP contribution in [0.2, 0.25) is 0 Å². The van der Waals surface area contributed by atoms with Gasteiger partial charge in [-0.3, -0.25) is 4.72 Å². The number of ether oxygens (including phenoxy) is 3. The standard InChI is InChI=1S/C19H22N2O5S/c1-5-21-12-18(14-8-6-7-9-15(14)21)27(22,23)20-13-10-16(24-2)19(26-4)17(11-13)25-3/h6-12,20H,5H2,1-4H3. The fourth-order valence-corrected chi connectivity index (χ4v) is 4.31. The van der Waals surface area contributed by atoms with E-state index in [4.69, 9.17) is 14.2 Å². The zero-order valence-corrected chi connectivity index (χ0v) is 16.5. The SMILES string of the molecule is CCn1cc(S(=O)(=O)Nc2cc(OC)c(OC)c(OC)c2)c2ccccc21. The lowest BCUT2D eigenvalue weighted by Gasteiger charge is -2.15. The molecule has 0 saturated heterocycles. The van der Waals surface area contributed by atoms with Gasteiger partial charge in [0.1, 0.15) is 4.90 Å². The molecule has 1 heterocycles. The molecule has 7 nitrogen and oxygen atoms in total. The molecule has 0 unspecified atom stereocenters. The highest BCUT2D eigenvalue weighted by Gasteiger charge is 2.22. The van der Waals surface area contributed by atoms with E-state index in [9.17, 15) is 8.42 Å². The van der Waals surface area contributed by atoms with Crippen molar-refractivity contribution in [3.63, 3.8) is 0 Å². The average Bonchev–Trinajstić information content (AvgIpc) is 3.06. The van der Waals surface area contributed by atoms with Gasteiger partial charge in [-0.15, -0.1) is 0 Å². The third-order valence-electron chi connectivity index (χ3n) is 4.30. The third kappa shape index (κ3) is 3.40. The molecule has 0 saturated carbocycles. The Balaban J connectivity index is 2.08. The third-order valence-corrected chi connectivity index (χ3v) is 5.71. The molecular formula is C19H22N2O5S. The molecule has 2 aromatic carbocycles. The quantitative estimate of drug-likeness (QED) is 0.668. The van der Waals surface area contributed by atoms with Gasteiger partial charge in [0.25, 0.3) is 10.0 Å². The first kappa shape index (κ1) is 18.9. The molecule has 0 bridgehead atoms. The molecule has 0 aliphatic rings. The first-order valence-electron chi connectivity index (χ1n) is 8.35. The molecule has 8 heteroatoms. The van der Waals surface area contributed by atoms with Crippen molar-refractivity contribution in [3.8, 4) is 17.2 Å². The molecular weight excluding hydrogens is 368 g/mol. The number of fused-ring (bicyclic) bond motifs is 1. The van der Waals surface area contributed by atoms with Crippen LogP contribution in [0, 0.1) is 0 Å². The summed E-state index contributed by atoms with van der Waals surface area (Å²) in [7, 11) is 0.622. The number of methoxy groups -OCH3 is 3. The highest BCUT2D eigenvalue weighted by molar-refractivity contribution is 7.93.